The van der Waals surface area contributed by atoms with Crippen LogP contribution in [0.3, 0.4) is 0 Å². The van der Waals surface area contributed by atoms with Crippen molar-refractivity contribution < 1.29 is 37.6 Å². The van der Waals surface area contributed by atoms with Crippen LogP contribution in [-0.4, -0.2) is 57.6 Å². The summed E-state index contributed by atoms with van der Waals surface area (Å²) in [6.45, 7) is 26.5. The molecular formula is C52H53N7O8. The Kier molecular flexibility index (Phi) is 13.5. The number of nitrogens with two attached hydrogens (primary N) is 1. The molecule has 6 aromatic rings. The average Bonchev–Trinajstić information content (AvgIpc) is 4.14. The van der Waals surface area contributed by atoms with Gasteiger partial charge in [-0.15, -0.1) is 0 Å². The van der Waals surface area contributed by atoms with E-state index in [1.807, 2.05) is 64.1 Å². The predicted molar refractivity (Wildman–Crippen MR) is 249 cm³/mol. The van der Waals surface area contributed by atoms with Gasteiger partial charge in [-0.2, -0.15) is 9.97 Å². The smallest absolute Gasteiger partial charge is 0.323 e. The number of rotatable bonds is 13. The van der Waals surface area contributed by atoms with Crippen LogP contribution in [0.4, 0.5) is 11.4 Å². The second-order valence-corrected chi connectivity index (χ2v) is 17.5. The van der Waals surface area contributed by atoms with Crippen LogP contribution in [0.25, 0.3) is 55.4 Å². The Labute approximate surface area is 389 Å². The highest BCUT2D eigenvalue weighted by Gasteiger charge is 2.60. The van der Waals surface area contributed by atoms with Gasteiger partial charge in [-0.1, -0.05) is 46.7 Å². The van der Waals surface area contributed by atoms with Crippen molar-refractivity contribution in [3.8, 4) is 57.2 Å². The van der Waals surface area contributed by atoms with Crippen molar-refractivity contribution in [3.05, 3.63) is 118 Å². The van der Waals surface area contributed by atoms with Gasteiger partial charge in [0, 0.05) is 28.3 Å². The lowest BCUT2D eigenvalue weighted by atomic mass is 9.57. The molecule has 0 aliphatic heterocycles. The summed E-state index contributed by atoms with van der Waals surface area (Å²) < 4.78 is 33.0. The van der Waals surface area contributed by atoms with E-state index in [2.05, 4.69) is 42.1 Å². The number of hydrogen-bond acceptors (Lipinski definition) is 13. The minimum Gasteiger partial charge on any atom is -0.502 e. The number of ether oxygens (including phenoxy) is 4. The molecule has 15 nitrogen and oxygen atoms in total. The van der Waals surface area contributed by atoms with E-state index in [1.165, 1.54) is 11.1 Å². The molecule has 0 bridgehead atoms. The first-order valence-electron chi connectivity index (χ1n) is 22.8. The normalized spacial score (nSPS) is 16.8. The summed E-state index contributed by atoms with van der Waals surface area (Å²) in [5.74, 6) is 2.23. The van der Waals surface area contributed by atoms with Crippen molar-refractivity contribution in [2.24, 2.45) is 17.1 Å². The number of aromatic nitrogens is 4. The fourth-order valence-electron chi connectivity index (χ4n) is 9.44. The third-order valence-electron chi connectivity index (χ3n) is 12.5. The Hall–Kier alpha value is -7.36. The van der Waals surface area contributed by atoms with Gasteiger partial charge >= 0.3 is 11.9 Å². The van der Waals surface area contributed by atoms with Gasteiger partial charge in [0.1, 0.15) is 11.5 Å². The van der Waals surface area contributed by atoms with E-state index in [9.17, 15) is 9.59 Å². The lowest BCUT2D eigenvalue weighted by Crippen LogP contribution is -2.52. The van der Waals surface area contributed by atoms with Crippen LogP contribution in [0.15, 0.2) is 81.8 Å². The van der Waals surface area contributed by atoms with Gasteiger partial charge in [-0.05, 0) is 151 Å². The highest BCUT2D eigenvalue weighted by Crippen LogP contribution is 2.57. The Morgan fingerprint density at radius 3 is 1.67 bits per heavy atom. The average molecular weight is 904 g/mol. The zero-order valence-corrected chi connectivity index (χ0v) is 38.5. The number of hydrogen-bond donors (Lipinski definition) is 1. The molecule has 1 fully saturated rings. The van der Waals surface area contributed by atoms with E-state index in [4.69, 9.17) is 46.9 Å². The summed E-state index contributed by atoms with van der Waals surface area (Å²) >= 11 is 0. The summed E-state index contributed by atoms with van der Waals surface area (Å²) in [5.41, 5.74) is 13.7. The SMILES string of the molecule is [C-]#[N+]c1cc(-c2nc(-c3cccc4c3CC[C@@H]4C3CC(C(=O)OCC)(C(=O)OCC)C3)no2)ccc1OC(C)C.[C-]#[N+]c1cc(-c2nc(-c3cccc4c3CC[C@@H]4N)no2)ccc1OC(C)C. The lowest BCUT2D eigenvalue weighted by molar-refractivity contribution is -0.184. The monoisotopic (exact) mass is 903 g/mol. The molecule has 4 aromatic carbocycles. The molecule has 0 radical (unpaired) electrons. The minimum atomic E-state index is -1.21. The number of carbonyl (C=O) groups is 2. The first-order valence-corrected chi connectivity index (χ1v) is 22.8. The maximum atomic E-state index is 12.8. The van der Waals surface area contributed by atoms with Gasteiger partial charge in [-0.25, -0.2) is 9.69 Å². The summed E-state index contributed by atoms with van der Waals surface area (Å²) in [7, 11) is 0. The second-order valence-electron chi connectivity index (χ2n) is 17.5. The van der Waals surface area contributed by atoms with Gasteiger partial charge in [0.25, 0.3) is 11.8 Å². The highest BCUT2D eigenvalue weighted by molar-refractivity contribution is 6.01. The van der Waals surface area contributed by atoms with Crippen LogP contribution in [0.1, 0.15) is 101 Å². The van der Waals surface area contributed by atoms with Gasteiger partial charge in [0.15, 0.2) is 5.41 Å². The number of esters is 2. The van der Waals surface area contributed by atoms with Crippen molar-refractivity contribution >= 4 is 23.3 Å². The van der Waals surface area contributed by atoms with Crippen molar-refractivity contribution in [2.45, 2.75) is 104 Å². The van der Waals surface area contributed by atoms with Crippen LogP contribution >= 0.6 is 0 Å². The molecule has 3 aliphatic carbocycles. The van der Waals surface area contributed by atoms with Crippen LogP contribution in [0, 0.1) is 24.5 Å². The maximum absolute atomic E-state index is 12.8. The first-order chi connectivity index (χ1) is 32.4. The van der Waals surface area contributed by atoms with Crippen LogP contribution in [-0.2, 0) is 31.9 Å². The minimum absolute atomic E-state index is 0.00194. The number of carbonyl (C=O) groups excluding carboxylic acids is 2. The van der Waals surface area contributed by atoms with Gasteiger partial charge in [0.2, 0.25) is 23.0 Å². The van der Waals surface area contributed by atoms with Crippen molar-refractivity contribution in [1.29, 1.82) is 0 Å². The summed E-state index contributed by atoms with van der Waals surface area (Å²) in [6.07, 6.45) is 4.40. The van der Waals surface area contributed by atoms with Crippen molar-refractivity contribution in [2.75, 3.05) is 13.2 Å². The number of fused-ring (bicyclic) bond motifs is 2. The fourth-order valence-corrected chi connectivity index (χ4v) is 9.44. The van der Waals surface area contributed by atoms with E-state index < -0.39 is 17.4 Å². The zero-order chi connectivity index (χ0) is 47.4. The molecule has 0 unspecified atom stereocenters. The fraction of sp³-hybridized carbons (Fsp3) is 0.385. The molecule has 0 spiro atoms. The molecule has 0 amide bonds. The van der Waals surface area contributed by atoms with Gasteiger partial charge < -0.3 is 33.7 Å². The predicted octanol–water partition coefficient (Wildman–Crippen LogP) is 11.0. The molecule has 2 heterocycles. The molecule has 15 heteroatoms. The highest BCUT2D eigenvalue weighted by atomic mass is 16.6. The topological polar surface area (TPSA) is 184 Å². The molecule has 344 valence electrons. The molecule has 67 heavy (non-hydrogen) atoms. The van der Waals surface area contributed by atoms with Crippen LogP contribution in [0.2, 0.25) is 0 Å². The van der Waals surface area contributed by atoms with Gasteiger partial charge in [0.05, 0.1) is 38.6 Å². The zero-order valence-electron chi connectivity index (χ0n) is 38.5. The Morgan fingerprint density at radius 2 is 1.19 bits per heavy atom. The Balaban J connectivity index is 0.000000196. The number of benzene rings is 4. The molecule has 2 N–H and O–H groups in total. The molecule has 2 aromatic heterocycles. The maximum Gasteiger partial charge on any atom is 0.323 e. The van der Waals surface area contributed by atoms with E-state index >= 15 is 0 Å². The Morgan fingerprint density at radius 1 is 0.716 bits per heavy atom. The first kappa shape index (κ1) is 46.2. The van der Waals surface area contributed by atoms with Crippen molar-refractivity contribution in [3.63, 3.8) is 0 Å². The quantitative estimate of drug-likeness (QED) is 0.0657. The van der Waals surface area contributed by atoms with E-state index in [0.717, 1.165) is 47.9 Å². The Bertz CT molecular complexity index is 2860. The second kappa shape index (κ2) is 19.6. The molecule has 9 rings (SSSR count). The van der Waals surface area contributed by atoms with E-state index in [0.29, 0.717) is 70.3 Å². The van der Waals surface area contributed by atoms with Crippen LogP contribution in [0.5, 0.6) is 11.5 Å². The third-order valence-corrected chi connectivity index (χ3v) is 12.5. The van der Waals surface area contributed by atoms with E-state index in [1.54, 1.807) is 38.1 Å². The molecule has 2 atom stereocenters. The number of nitrogens with zero attached hydrogens (tertiary/aromatic N) is 6. The largest absolute Gasteiger partial charge is 0.502 e. The molecule has 1 saturated carbocycles. The molecule has 0 saturated heterocycles. The van der Waals surface area contributed by atoms with E-state index in [-0.39, 0.29) is 43.3 Å². The third kappa shape index (κ3) is 9.25. The summed E-state index contributed by atoms with van der Waals surface area (Å²) in [5, 5.41) is 8.42. The molecular weight excluding hydrogens is 851 g/mol. The summed E-state index contributed by atoms with van der Waals surface area (Å²) in [4.78, 5) is 41.9. The van der Waals surface area contributed by atoms with Crippen molar-refractivity contribution in [1.82, 2.24) is 20.3 Å². The summed E-state index contributed by atoms with van der Waals surface area (Å²) in [6, 6.07) is 22.8. The lowest BCUT2D eigenvalue weighted by Gasteiger charge is -2.45. The molecule has 3 aliphatic rings. The van der Waals surface area contributed by atoms with Crippen LogP contribution < -0.4 is 15.2 Å². The van der Waals surface area contributed by atoms with Gasteiger partial charge in [-0.3, -0.25) is 9.59 Å². The standard InChI is InChI=1S/C31H33N3O6.C21H20N4O2/c1-6-37-29(35)31(30(36)38-7-2)16-20(17-31)21-12-13-23-22(21)9-8-10-24(23)27-33-28(40-34-27)19-11-14-26(39-18(3)4)25(15-19)32-5;1-12(2)26-19-10-7-13(11-18(19)23-3)21-24-20(25-27-21)16-6-4-5-15-14(16)8-9-17(15)22/h8-11,14-15,18,20-21H,6-7,12-13,16-17H2,1-4H3;4-7,10-12,17H,8-9,22H2,1-2H3/t21-;17-/m10/s1.